The average molecular weight is 575 g/mol. The topological polar surface area (TPSA) is 153 Å². The monoisotopic (exact) mass is 574 g/mol. The highest BCUT2D eigenvalue weighted by Crippen LogP contribution is 2.42. The molecule has 0 aliphatic carbocycles. The van der Waals surface area contributed by atoms with Crippen LogP contribution < -0.4 is 26.4 Å². The number of ether oxygens (including phenoxy) is 2. The molecule has 12 heteroatoms. The van der Waals surface area contributed by atoms with Crippen molar-refractivity contribution in [2.45, 2.75) is 0 Å². The highest BCUT2D eigenvalue weighted by molar-refractivity contribution is 7.18. The van der Waals surface area contributed by atoms with Gasteiger partial charge in [-0.2, -0.15) is 0 Å². The summed E-state index contributed by atoms with van der Waals surface area (Å²) in [6, 6.07) is 14.8. The molecule has 0 radical (unpaired) electrons. The summed E-state index contributed by atoms with van der Waals surface area (Å²) in [5.41, 5.74) is 10.5. The second-order valence-electron chi connectivity index (χ2n) is 9.14. The first-order chi connectivity index (χ1) is 19.9. The van der Waals surface area contributed by atoms with E-state index in [0.29, 0.717) is 34.0 Å². The summed E-state index contributed by atoms with van der Waals surface area (Å²) < 4.78 is 13.4. The predicted molar refractivity (Wildman–Crippen MR) is 162 cm³/mol. The number of para-hydroxylation sites is 1. The van der Waals surface area contributed by atoms with Crippen molar-refractivity contribution in [1.82, 2.24) is 14.9 Å². The van der Waals surface area contributed by atoms with Crippen LogP contribution in [-0.2, 0) is 11.8 Å². The fraction of sp³-hybridized carbons (Fsp3) is 0.207. The Hall–Kier alpha value is -4.65. The van der Waals surface area contributed by atoms with Crippen molar-refractivity contribution in [1.29, 1.82) is 0 Å². The first-order valence-electron chi connectivity index (χ1n) is 12.8. The summed E-state index contributed by atoms with van der Waals surface area (Å²) in [6.07, 6.45) is 1.52. The van der Waals surface area contributed by atoms with Crippen molar-refractivity contribution in [2.75, 3.05) is 49.8 Å². The normalized spacial score (nSPS) is 11.1. The Balaban J connectivity index is 1.37. The largest absolute Gasteiger partial charge is 0.495 e. The van der Waals surface area contributed by atoms with Crippen molar-refractivity contribution in [2.24, 2.45) is 7.05 Å². The molecule has 2 aromatic carbocycles. The van der Waals surface area contributed by atoms with Crippen LogP contribution >= 0.6 is 11.3 Å². The average Bonchev–Trinajstić information content (AvgIpc) is 3.57. The van der Waals surface area contributed by atoms with Gasteiger partial charge in [-0.1, -0.05) is 24.3 Å². The number of nitrogens with zero attached hydrogens (tertiary/aromatic N) is 2. The van der Waals surface area contributed by atoms with Crippen molar-refractivity contribution in [3.63, 3.8) is 0 Å². The lowest BCUT2D eigenvalue weighted by atomic mass is 10.0. The second-order valence-corrected chi connectivity index (χ2v) is 10.0. The van der Waals surface area contributed by atoms with Gasteiger partial charge >= 0.3 is 6.03 Å². The number of fused-ring (bicyclic) bond motifs is 2. The number of hydrogen-bond donors (Lipinski definition) is 5. The number of nitrogen functional groups attached to an aromatic ring is 1. The number of anilines is 3. The molecule has 0 aliphatic heterocycles. The van der Waals surface area contributed by atoms with Gasteiger partial charge in [0.2, 0.25) is 0 Å². The summed E-state index contributed by atoms with van der Waals surface area (Å²) in [4.78, 5) is 29.9. The van der Waals surface area contributed by atoms with Gasteiger partial charge in [-0.15, -0.1) is 11.3 Å². The molecule has 3 amide bonds. The maximum absolute atomic E-state index is 13.2. The van der Waals surface area contributed by atoms with E-state index in [2.05, 4.69) is 20.9 Å². The Kier molecular flexibility index (Phi) is 8.34. The minimum atomic E-state index is -0.409. The molecule has 0 aliphatic rings. The van der Waals surface area contributed by atoms with Gasteiger partial charge in [0.1, 0.15) is 17.3 Å². The lowest BCUT2D eigenvalue weighted by molar-refractivity contribution is 0.0950. The minimum absolute atomic E-state index is 0.0731. The Labute approximate surface area is 239 Å². The van der Waals surface area contributed by atoms with Crippen LogP contribution in [0, 0.1) is 0 Å². The fourth-order valence-corrected chi connectivity index (χ4v) is 5.65. The maximum Gasteiger partial charge on any atom is 0.319 e. The van der Waals surface area contributed by atoms with E-state index >= 15 is 0 Å². The zero-order chi connectivity index (χ0) is 28.9. The van der Waals surface area contributed by atoms with Crippen molar-refractivity contribution >= 4 is 61.5 Å². The van der Waals surface area contributed by atoms with Crippen LogP contribution in [0.3, 0.4) is 0 Å². The summed E-state index contributed by atoms with van der Waals surface area (Å²) in [6.45, 7) is 0.714. The quantitative estimate of drug-likeness (QED) is 0.155. The number of benzene rings is 2. The predicted octanol–water partition coefficient (Wildman–Crippen LogP) is 4.43. The number of thiophene rings is 1. The van der Waals surface area contributed by atoms with E-state index in [0.717, 1.165) is 26.7 Å². The number of aromatic nitrogens is 2. The molecule has 5 aromatic rings. The third-order valence-electron chi connectivity index (χ3n) is 6.59. The number of aliphatic hydroxyl groups is 1. The highest BCUT2D eigenvalue weighted by atomic mass is 32.1. The van der Waals surface area contributed by atoms with E-state index in [1.165, 1.54) is 17.5 Å². The number of nitrogens with one attached hydrogen (secondary N) is 3. The molecule has 0 bridgehead atoms. The van der Waals surface area contributed by atoms with Crippen molar-refractivity contribution < 1.29 is 24.2 Å². The van der Waals surface area contributed by atoms with Gasteiger partial charge in [0.15, 0.2) is 0 Å². The Bertz CT molecular complexity index is 1730. The van der Waals surface area contributed by atoms with Gasteiger partial charge < -0.3 is 40.8 Å². The fourth-order valence-electron chi connectivity index (χ4n) is 4.59. The number of urea groups is 1. The number of methoxy groups -OCH3 is 1. The van der Waals surface area contributed by atoms with E-state index in [1.54, 1.807) is 13.2 Å². The number of amides is 3. The van der Waals surface area contributed by atoms with E-state index in [9.17, 15) is 9.59 Å². The minimum Gasteiger partial charge on any atom is -0.495 e. The molecular formula is C29H30N6O5S. The first kappa shape index (κ1) is 27.9. The summed E-state index contributed by atoms with van der Waals surface area (Å²) in [5, 5.41) is 20.9. The molecule has 0 spiro atoms. The van der Waals surface area contributed by atoms with Crippen molar-refractivity contribution in [3.8, 4) is 16.9 Å². The van der Waals surface area contributed by atoms with Crippen LogP contribution in [0.1, 0.15) is 10.5 Å². The lowest BCUT2D eigenvalue weighted by Crippen LogP contribution is -2.31. The molecule has 3 aromatic heterocycles. The molecule has 0 saturated carbocycles. The Morgan fingerprint density at radius 1 is 1.10 bits per heavy atom. The molecular weight excluding hydrogens is 544 g/mol. The number of hydrogen-bond acceptors (Lipinski definition) is 8. The number of aryl methyl sites for hydroxylation is 1. The smallest absolute Gasteiger partial charge is 0.319 e. The van der Waals surface area contributed by atoms with Crippen LogP contribution in [0.2, 0.25) is 0 Å². The molecule has 11 nitrogen and oxygen atoms in total. The summed E-state index contributed by atoms with van der Waals surface area (Å²) in [5.74, 6) is 0.558. The van der Waals surface area contributed by atoms with E-state index in [-0.39, 0.29) is 32.3 Å². The van der Waals surface area contributed by atoms with Crippen molar-refractivity contribution in [3.05, 3.63) is 65.8 Å². The van der Waals surface area contributed by atoms with Gasteiger partial charge in [-0.3, -0.25) is 4.79 Å². The molecule has 0 saturated heterocycles. The van der Waals surface area contributed by atoms with E-state index < -0.39 is 6.03 Å². The molecule has 0 fully saturated rings. The molecule has 5 rings (SSSR count). The number of carbonyl (C=O) groups excluding carboxylic acids is 2. The highest BCUT2D eigenvalue weighted by Gasteiger charge is 2.19. The molecule has 0 unspecified atom stereocenters. The third-order valence-corrected chi connectivity index (χ3v) is 7.60. The van der Waals surface area contributed by atoms with Gasteiger partial charge in [-0.25, -0.2) is 9.78 Å². The van der Waals surface area contributed by atoms with Crippen LogP contribution in [-0.4, -0.2) is 60.1 Å². The number of carbonyl (C=O) groups is 2. The standard InChI is InChI=1S/C29H30N6O5S/c1-35-22-6-4-3-5-18(22)13-23(35)28(37)33-20-8-7-17(14-24(20)39-2)19-16-41-26-21(15-32-27(30)25(19)26)34-29(38)31-9-11-40-12-10-36/h3-8,13-16,36H,9-12H2,1-2H3,(H2,30,32)(H,33,37)(H2,31,34,38). The van der Waals surface area contributed by atoms with Gasteiger partial charge in [-0.05, 0) is 29.8 Å². The molecule has 212 valence electrons. The summed E-state index contributed by atoms with van der Waals surface area (Å²) >= 11 is 1.43. The van der Waals surface area contributed by atoms with Crippen LogP contribution in [0.25, 0.3) is 32.1 Å². The number of rotatable bonds is 10. The lowest BCUT2D eigenvalue weighted by Gasteiger charge is -2.13. The second kappa shape index (κ2) is 12.3. The van der Waals surface area contributed by atoms with Gasteiger partial charge in [0.05, 0.1) is 49.2 Å². The molecule has 0 atom stereocenters. The molecule has 41 heavy (non-hydrogen) atoms. The van der Waals surface area contributed by atoms with Gasteiger partial charge in [0, 0.05) is 40.8 Å². The van der Waals surface area contributed by atoms with E-state index in [4.69, 9.17) is 20.3 Å². The number of nitrogens with two attached hydrogens (primary N) is 1. The number of pyridine rings is 1. The maximum atomic E-state index is 13.2. The van der Waals surface area contributed by atoms with Crippen LogP contribution in [0.5, 0.6) is 5.75 Å². The third kappa shape index (κ3) is 5.80. The summed E-state index contributed by atoms with van der Waals surface area (Å²) in [7, 11) is 3.40. The molecule has 6 N–H and O–H groups in total. The van der Waals surface area contributed by atoms with E-state index in [1.807, 2.05) is 59.5 Å². The van der Waals surface area contributed by atoms with Gasteiger partial charge in [0.25, 0.3) is 5.91 Å². The van der Waals surface area contributed by atoms with Crippen LogP contribution in [0.15, 0.2) is 60.1 Å². The Morgan fingerprint density at radius 3 is 2.71 bits per heavy atom. The Morgan fingerprint density at radius 2 is 1.93 bits per heavy atom. The SMILES string of the molecule is COc1cc(-c2csc3c(NC(=O)NCCOCCO)cnc(N)c23)ccc1NC(=O)c1cc2ccccc2n1C. The zero-order valence-corrected chi connectivity index (χ0v) is 23.4. The first-order valence-corrected chi connectivity index (χ1v) is 13.7. The van der Waals surface area contributed by atoms with Crippen LogP contribution in [0.4, 0.5) is 22.0 Å². The number of aliphatic hydroxyl groups excluding tert-OH is 1. The molecule has 3 heterocycles. The zero-order valence-electron chi connectivity index (χ0n) is 22.6.